The number of halogens is 2. The molecule has 3 rings (SSSR count). The molecular weight excluding hydrogens is 335 g/mol. The zero-order chi connectivity index (χ0) is 16.7. The Bertz CT molecular complexity index is 918. The van der Waals surface area contributed by atoms with Crippen LogP contribution < -0.4 is 0 Å². The van der Waals surface area contributed by atoms with Crippen molar-refractivity contribution in [3.05, 3.63) is 46.1 Å². The third-order valence-corrected chi connectivity index (χ3v) is 4.10. The molecule has 118 valence electrons. The number of hydrogen-bond acceptors (Lipinski definition) is 3. The standard InChI is InChI=1S/C16H14Cl2N4O/c1-21(2)16(23)11-7-14(10-5-4-9(17)6-13(10)18)20-15-12(11)8-19-22(15)3/h4-8H,1-3H3. The fourth-order valence-electron chi connectivity index (χ4n) is 2.37. The van der Waals surface area contributed by atoms with E-state index >= 15 is 0 Å². The summed E-state index contributed by atoms with van der Waals surface area (Å²) in [6, 6.07) is 6.92. The van der Waals surface area contributed by atoms with Gasteiger partial charge in [0.2, 0.25) is 0 Å². The zero-order valence-corrected chi connectivity index (χ0v) is 14.4. The molecular formula is C16H14Cl2N4O. The second-order valence-electron chi connectivity index (χ2n) is 5.38. The summed E-state index contributed by atoms with van der Waals surface area (Å²) in [5.41, 5.74) is 2.48. The van der Waals surface area contributed by atoms with Gasteiger partial charge in [-0.05, 0) is 24.3 Å². The predicted molar refractivity (Wildman–Crippen MR) is 92.0 cm³/mol. The Morgan fingerprint density at radius 3 is 2.61 bits per heavy atom. The largest absolute Gasteiger partial charge is 0.345 e. The highest BCUT2D eigenvalue weighted by Gasteiger charge is 2.18. The summed E-state index contributed by atoms with van der Waals surface area (Å²) in [5.74, 6) is -0.114. The molecule has 3 aromatic rings. The normalized spacial score (nSPS) is 11.0. The van der Waals surface area contributed by atoms with Crippen LogP contribution in [0.2, 0.25) is 10.0 Å². The van der Waals surface area contributed by atoms with Crippen molar-refractivity contribution >= 4 is 40.1 Å². The van der Waals surface area contributed by atoms with Crippen LogP contribution in [0.15, 0.2) is 30.5 Å². The summed E-state index contributed by atoms with van der Waals surface area (Å²) < 4.78 is 1.63. The average Bonchev–Trinajstić information content (AvgIpc) is 2.87. The van der Waals surface area contributed by atoms with E-state index in [2.05, 4.69) is 10.1 Å². The Balaban J connectivity index is 2.30. The molecule has 0 spiro atoms. The molecule has 0 unspecified atom stereocenters. The van der Waals surface area contributed by atoms with Crippen molar-refractivity contribution < 1.29 is 4.79 Å². The number of hydrogen-bond donors (Lipinski definition) is 0. The zero-order valence-electron chi connectivity index (χ0n) is 12.8. The Hall–Kier alpha value is -2.11. The van der Waals surface area contributed by atoms with Gasteiger partial charge in [0, 0.05) is 31.7 Å². The number of nitrogens with zero attached hydrogens (tertiary/aromatic N) is 4. The Morgan fingerprint density at radius 2 is 1.96 bits per heavy atom. The fourth-order valence-corrected chi connectivity index (χ4v) is 2.87. The van der Waals surface area contributed by atoms with Gasteiger partial charge in [0.25, 0.3) is 5.91 Å². The van der Waals surface area contributed by atoms with Crippen LogP contribution in [0, 0.1) is 0 Å². The van der Waals surface area contributed by atoms with Gasteiger partial charge in [-0.3, -0.25) is 9.48 Å². The van der Waals surface area contributed by atoms with Gasteiger partial charge in [-0.1, -0.05) is 23.2 Å². The van der Waals surface area contributed by atoms with Gasteiger partial charge >= 0.3 is 0 Å². The molecule has 0 saturated carbocycles. The quantitative estimate of drug-likeness (QED) is 0.710. The second kappa shape index (κ2) is 5.83. The number of aromatic nitrogens is 3. The number of amides is 1. The fraction of sp³-hybridized carbons (Fsp3) is 0.188. The van der Waals surface area contributed by atoms with Gasteiger partial charge in [0.15, 0.2) is 5.65 Å². The molecule has 0 aliphatic carbocycles. The molecule has 0 aliphatic heterocycles. The van der Waals surface area contributed by atoms with Crippen molar-refractivity contribution in [2.45, 2.75) is 0 Å². The molecule has 0 bridgehead atoms. The maximum Gasteiger partial charge on any atom is 0.254 e. The first-order valence-corrected chi connectivity index (χ1v) is 7.64. The Morgan fingerprint density at radius 1 is 1.22 bits per heavy atom. The highest BCUT2D eigenvalue weighted by atomic mass is 35.5. The molecule has 0 radical (unpaired) electrons. The number of fused-ring (bicyclic) bond motifs is 1. The minimum atomic E-state index is -0.114. The summed E-state index contributed by atoms with van der Waals surface area (Å²) in [6.07, 6.45) is 1.65. The maximum absolute atomic E-state index is 12.5. The Kier molecular flexibility index (Phi) is 4.00. The molecule has 2 heterocycles. The lowest BCUT2D eigenvalue weighted by Crippen LogP contribution is -2.22. The predicted octanol–water partition coefficient (Wildman–Crippen LogP) is 3.64. The van der Waals surface area contributed by atoms with Crippen molar-refractivity contribution in [2.75, 3.05) is 14.1 Å². The number of benzene rings is 1. The third-order valence-electron chi connectivity index (χ3n) is 3.55. The minimum absolute atomic E-state index is 0.114. The summed E-state index contributed by atoms with van der Waals surface area (Å²) in [6.45, 7) is 0. The molecule has 5 nitrogen and oxygen atoms in total. The molecule has 0 fully saturated rings. The lowest BCUT2D eigenvalue weighted by atomic mass is 10.1. The van der Waals surface area contributed by atoms with Crippen molar-refractivity contribution in [3.8, 4) is 11.3 Å². The van der Waals surface area contributed by atoms with Crippen molar-refractivity contribution in [1.82, 2.24) is 19.7 Å². The Labute approximate surface area is 143 Å². The highest BCUT2D eigenvalue weighted by Crippen LogP contribution is 2.31. The van der Waals surface area contributed by atoms with Crippen LogP contribution in [0.5, 0.6) is 0 Å². The van der Waals surface area contributed by atoms with E-state index in [1.54, 1.807) is 56.3 Å². The first-order chi connectivity index (χ1) is 10.9. The van der Waals surface area contributed by atoms with Crippen LogP contribution in [0.25, 0.3) is 22.3 Å². The average molecular weight is 349 g/mol. The van der Waals surface area contributed by atoms with E-state index in [1.807, 2.05) is 0 Å². The highest BCUT2D eigenvalue weighted by molar-refractivity contribution is 6.36. The number of carbonyl (C=O) groups is 1. The van der Waals surface area contributed by atoms with Gasteiger partial charge in [0.1, 0.15) is 0 Å². The molecule has 23 heavy (non-hydrogen) atoms. The van der Waals surface area contributed by atoms with E-state index in [0.717, 1.165) is 0 Å². The SMILES string of the molecule is CN(C)C(=O)c1cc(-c2ccc(Cl)cc2Cl)nc2c1cnn2C. The van der Waals surface area contributed by atoms with E-state index < -0.39 is 0 Å². The molecule has 1 amide bonds. The van der Waals surface area contributed by atoms with Crippen LogP contribution in [-0.2, 0) is 7.05 Å². The van der Waals surface area contributed by atoms with Crippen molar-refractivity contribution in [3.63, 3.8) is 0 Å². The van der Waals surface area contributed by atoms with E-state index in [9.17, 15) is 4.79 Å². The van der Waals surface area contributed by atoms with E-state index in [0.29, 0.717) is 37.9 Å². The molecule has 0 N–H and O–H groups in total. The molecule has 0 atom stereocenters. The molecule has 0 saturated heterocycles. The van der Waals surface area contributed by atoms with Gasteiger partial charge < -0.3 is 4.90 Å². The number of pyridine rings is 1. The molecule has 7 heteroatoms. The molecule has 2 aromatic heterocycles. The minimum Gasteiger partial charge on any atom is -0.345 e. The second-order valence-corrected chi connectivity index (χ2v) is 6.23. The lowest BCUT2D eigenvalue weighted by Gasteiger charge is -2.13. The first-order valence-electron chi connectivity index (χ1n) is 6.88. The van der Waals surface area contributed by atoms with Crippen molar-refractivity contribution in [1.29, 1.82) is 0 Å². The summed E-state index contributed by atoms with van der Waals surface area (Å²) in [7, 11) is 5.20. The third kappa shape index (κ3) is 2.78. The summed E-state index contributed by atoms with van der Waals surface area (Å²) in [5, 5.41) is 5.93. The smallest absolute Gasteiger partial charge is 0.254 e. The number of rotatable bonds is 2. The van der Waals surface area contributed by atoms with E-state index in [4.69, 9.17) is 23.2 Å². The van der Waals surface area contributed by atoms with Crippen LogP contribution in [-0.4, -0.2) is 39.7 Å². The lowest BCUT2D eigenvalue weighted by molar-refractivity contribution is 0.0829. The number of aryl methyl sites for hydroxylation is 1. The van der Waals surface area contributed by atoms with Crippen LogP contribution in [0.1, 0.15) is 10.4 Å². The summed E-state index contributed by atoms with van der Waals surface area (Å²) in [4.78, 5) is 18.6. The van der Waals surface area contributed by atoms with Gasteiger partial charge in [-0.2, -0.15) is 5.10 Å². The van der Waals surface area contributed by atoms with Crippen molar-refractivity contribution in [2.24, 2.45) is 7.05 Å². The van der Waals surface area contributed by atoms with Crippen LogP contribution in [0.4, 0.5) is 0 Å². The van der Waals surface area contributed by atoms with E-state index in [1.165, 1.54) is 4.90 Å². The van der Waals surface area contributed by atoms with Gasteiger partial charge in [-0.15, -0.1) is 0 Å². The molecule has 1 aromatic carbocycles. The van der Waals surface area contributed by atoms with Gasteiger partial charge in [-0.25, -0.2) is 4.98 Å². The number of carbonyl (C=O) groups excluding carboxylic acids is 1. The van der Waals surface area contributed by atoms with Crippen LogP contribution >= 0.6 is 23.2 Å². The first kappa shape index (κ1) is 15.8. The van der Waals surface area contributed by atoms with E-state index in [-0.39, 0.29) is 5.91 Å². The van der Waals surface area contributed by atoms with Crippen LogP contribution in [0.3, 0.4) is 0 Å². The molecule has 0 aliphatic rings. The maximum atomic E-state index is 12.5. The summed E-state index contributed by atoms with van der Waals surface area (Å²) >= 11 is 12.2. The topological polar surface area (TPSA) is 51.0 Å². The monoisotopic (exact) mass is 348 g/mol. The van der Waals surface area contributed by atoms with Gasteiger partial charge in [0.05, 0.1) is 27.9 Å².